The Hall–Kier alpha value is -0.580. The summed E-state index contributed by atoms with van der Waals surface area (Å²) < 4.78 is 36.2. The Morgan fingerprint density at radius 3 is 2.64 bits per heavy atom. The molecule has 1 fully saturated rings. The number of rotatable bonds is 2. The summed E-state index contributed by atoms with van der Waals surface area (Å²) in [5.41, 5.74) is 0. The summed E-state index contributed by atoms with van der Waals surface area (Å²) in [4.78, 5) is 11.8. The van der Waals surface area contributed by atoms with E-state index in [1.807, 2.05) is 0 Å². The van der Waals surface area contributed by atoms with Gasteiger partial charge in [-0.2, -0.15) is 13.2 Å². The van der Waals surface area contributed by atoms with Gasteiger partial charge in [-0.15, -0.1) is 0 Å². The minimum Gasteiger partial charge on any atom is -0.303 e. The van der Waals surface area contributed by atoms with Gasteiger partial charge in [-0.05, 0) is 19.4 Å². The number of carbonyl (C=O) groups excluding carboxylic acids is 1. The van der Waals surface area contributed by atoms with E-state index < -0.39 is 12.7 Å². The van der Waals surface area contributed by atoms with E-state index in [0.717, 1.165) is 25.5 Å². The molecule has 0 bridgehead atoms. The van der Waals surface area contributed by atoms with Crippen LogP contribution in [0.2, 0.25) is 0 Å². The maximum Gasteiger partial charge on any atom is 0.401 e. The molecule has 0 aromatic carbocycles. The van der Waals surface area contributed by atoms with Crippen molar-refractivity contribution in [2.75, 3.05) is 19.6 Å². The van der Waals surface area contributed by atoms with E-state index in [4.69, 9.17) is 0 Å². The predicted octanol–water partition coefficient (Wildman–Crippen LogP) is 1.85. The smallest absolute Gasteiger partial charge is 0.303 e. The fourth-order valence-electron chi connectivity index (χ4n) is 1.76. The largest absolute Gasteiger partial charge is 0.401 e. The van der Waals surface area contributed by atoms with E-state index in [0.29, 0.717) is 6.54 Å². The van der Waals surface area contributed by atoms with Crippen molar-refractivity contribution in [1.29, 1.82) is 0 Å². The molecule has 82 valence electrons. The summed E-state index contributed by atoms with van der Waals surface area (Å²) in [6, 6.07) is 0. The average Bonchev–Trinajstić information content (AvgIpc) is 2.26. The van der Waals surface area contributed by atoms with Crippen LogP contribution < -0.4 is 0 Å². The fraction of sp³-hybridized carbons (Fsp3) is 0.889. The van der Waals surface area contributed by atoms with E-state index in [1.54, 1.807) is 0 Å². The van der Waals surface area contributed by atoms with Gasteiger partial charge in [0.25, 0.3) is 0 Å². The number of carbonyl (C=O) groups is 1. The first-order valence-corrected chi connectivity index (χ1v) is 4.75. The van der Waals surface area contributed by atoms with Crippen LogP contribution in [-0.2, 0) is 4.79 Å². The van der Waals surface area contributed by atoms with Crippen LogP contribution in [0.5, 0.6) is 0 Å². The summed E-state index contributed by atoms with van der Waals surface area (Å²) in [7, 11) is 0. The van der Waals surface area contributed by atoms with Crippen LogP contribution in [-0.4, -0.2) is 37.0 Å². The molecule has 0 amide bonds. The monoisotopic (exact) mass is 209 g/mol. The molecule has 5 heteroatoms. The third-order valence-corrected chi connectivity index (χ3v) is 2.39. The molecule has 1 rings (SSSR count). The topological polar surface area (TPSA) is 20.3 Å². The SMILES string of the molecule is O=CC1CCCCN(CC(F)(F)F)C1. The van der Waals surface area contributed by atoms with Gasteiger partial charge in [0.05, 0.1) is 6.54 Å². The van der Waals surface area contributed by atoms with Crippen LogP contribution >= 0.6 is 0 Å². The molecule has 2 nitrogen and oxygen atoms in total. The molecule has 1 aliphatic heterocycles. The molecule has 0 spiro atoms. The first-order chi connectivity index (χ1) is 6.51. The second-order valence-corrected chi connectivity index (χ2v) is 3.74. The zero-order valence-corrected chi connectivity index (χ0v) is 7.89. The average molecular weight is 209 g/mol. The Morgan fingerprint density at radius 1 is 1.36 bits per heavy atom. The molecule has 0 aromatic rings. The molecule has 1 unspecified atom stereocenters. The fourth-order valence-corrected chi connectivity index (χ4v) is 1.76. The van der Waals surface area contributed by atoms with Crippen LogP contribution in [0.25, 0.3) is 0 Å². The van der Waals surface area contributed by atoms with E-state index in [1.165, 1.54) is 4.90 Å². The van der Waals surface area contributed by atoms with Crippen LogP contribution in [0.4, 0.5) is 13.2 Å². The minimum atomic E-state index is -4.15. The Morgan fingerprint density at radius 2 is 2.07 bits per heavy atom. The maximum atomic E-state index is 12.1. The number of hydrogen-bond acceptors (Lipinski definition) is 2. The molecular weight excluding hydrogens is 195 g/mol. The van der Waals surface area contributed by atoms with Crippen molar-refractivity contribution in [3.63, 3.8) is 0 Å². The number of hydrogen-bond donors (Lipinski definition) is 0. The lowest BCUT2D eigenvalue weighted by atomic mass is 10.1. The highest BCUT2D eigenvalue weighted by molar-refractivity contribution is 5.53. The second kappa shape index (κ2) is 4.77. The predicted molar refractivity (Wildman–Crippen MR) is 45.9 cm³/mol. The lowest BCUT2D eigenvalue weighted by Gasteiger charge is -2.22. The summed E-state index contributed by atoms with van der Waals surface area (Å²) in [5, 5.41) is 0. The zero-order valence-electron chi connectivity index (χ0n) is 7.89. The van der Waals surface area contributed by atoms with Gasteiger partial charge in [-0.1, -0.05) is 6.42 Å². The maximum absolute atomic E-state index is 12.1. The van der Waals surface area contributed by atoms with Gasteiger partial charge < -0.3 is 4.79 Å². The zero-order chi connectivity index (χ0) is 10.6. The normalized spacial score (nSPS) is 25.8. The Kier molecular flexibility index (Phi) is 3.92. The highest BCUT2D eigenvalue weighted by Crippen LogP contribution is 2.20. The van der Waals surface area contributed by atoms with Gasteiger partial charge in [0.2, 0.25) is 0 Å². The Bertz CT molecular complexity index is 193. The first-order valence-electron chi connectivity index (χ1n) is 4.75. The minimum absolute atomic E-state index is 0.222. The third kappa shape index (κ3) is 4.09. The number of halogens is 3. The lowest BCUT2D eigenvalue weighted by molar-refractivity contribution is -0.147. The van der Waals surface area contributed by atoms with Crippen LogP contribution in [0, 0.1) is 5.92 Å². The van der Waals surface area contributed by atoms with Gasteiger partial charge in [0.15, 0.2) is 0 Å². The van der Waals surface area contributed by atoms with E-state index >= 15 is 0 Å². The molecule has 1 atom stereocenters. The van der Waals surface area contributed by atoms with Crippen molar-refractivity contribution in [2.24, 2.45) is 5.92 Å². The number of alkyl halides is 3. The van der Waals surface area contributed by atoms with Crippen LogP contribution in [0.1, 0.15) is 19.3 Å². The van der Waals surface area contributed by atoms with Gasteiger partial charge in [-0.25, -0.2) is 0 Å². The molecule has 1 heterocycles. The standard InChI is InChI=1S/C9H14F3NO/c10-9(11,12)7-13-4-2-1-3-8(5-13)6-14/h6,8H,1-5,7H2. The Labute approximate surface area is 81.1 Å². The molecule has 0 saturated carbocycles. The van der Waals surface area contributed by atoms with E-state index in [9.17, 15) is 18.0 Å². The van der Waals surface area contributed by atoms with Crippen molar-refractivity contribution in [1.82, 2.24) is 4.90 Å². The summed E-state index contributed by atoms with van der Waals surface area (Å²) in [6.45, 7) is -0.190. The van der Waals surface area contributed by atoms with E-state index in [-0.39, 0.29) is 12.5 Å². The molecular formula is C9H14F3NO. The molecule has 1 aliphatic rings. The molecule has 0 aliphatic carbocycles. The van der Waals surface area contributed by atoms with Crippen LogP contribution in [0.15, 0.2) is 0 Å². The molecule has 1 saturated heterocycles. The Balaban J connectivity index is 2.46. The summed E-state index contributed by atoms with van der Waals surface area (Å²) in [5.74, 6) is -0.222. The molecule has 0 aromatic heterocycles. The lowest BCUT2D eigenvalue weighted by Crippen LogP contribution is -2.37. The number of likely N-dealkylation sites (tertiary alicyclic amines) is 1. The highest BCUT2D eigenvalue weighted by Gasteiger charge is 2.32. The first kappa shape index (κ1) is 11.5. The quantitative estimate of drug-likeness (QED) is 0.647. The van der Waals surface area contributed by atoms with Gasteiger partial charge in [0.1, 0.15) is 6.29 Å². The van der Waals surface area contributed by atoms with Gasteiger partial charge in [0, 0.05) is 12.5 Å². The highest BCUT2D eigenvalue weighted by atomic mass is 19.4. The number of aldehydes is 1. The second-order valence-electron chi connectivity index (χ2n) is 3.74. The summed E-state index contributed by atoms with van der Waals surface area (Å²) >= 11 is 0. The van der Waals surface area contributed by atoms with Crippen LogP contribution in [0.3, 0.4) is 0 Å². The van der Waals surface area contributed by atoms with Crippen molar-refractivity contribution in [3.8, 4) is 0 Å². The van der Waals surface area contributed by atoms with Gasteiger partial charge in [-0.3, -0.25) is 4.90 Å². The van der Waals surface area contributed by atoms with Crippen molar-refractivity contribution >= 4 is 6.29 Å². The molecule has 0 N–H and O–H groups in total. The molecule has 14 heavy (non-hydrogen) atoms. The van der Waals surface area contributed by atoms with Gasteiger partial charge >= 0.3 is 6.18 Å². The molecule has 0 radical (unpaired) electrons. The summed E-state index contributed by atoms with van der Waals surface area (Å²) in [6.07, 6.45) is -1.07. The van der Waals surface area contributed by atoms with E-state index in [2.05, 4.69) is 0 Å². The number of nitrogens with zero attached hydrogens (tertiary/aromatic N) is 1. The third-order valence-electron chi connectivity index (χ3n) is 2.39. The van der Waals surface area contributed by atoms with Crippen molar-refractivity contribution in [2.45, 2.75) is 25.4 Å². The van der Waals surface area contributed by atoms with Crippen molar-refractivity contribution < 1.29 is 18.0 Å². The van der Waals surface area contributed by atoms with Crippen molar-refractivity contribution in [3.05, 3.63) is 0 Å².